The van der Waals surface area contributed by atoms with Crippen molar-refractivity contribution in [1.29, 1.82) is 0 Å². The Hall–Kier alpha value is -1.75. The number of oxazole rings is 1. The number of nitrogens with zero attached hydrogens (tertiary/aromatic N) is 1. The fourth-order valence-electron chi connectivity index (χ4n) is 1.69. The number of halogens is 1. The molecule has 2 rings (SSSR count). The number of phenolic OH excluding ortho intramolecular Hbond substituents is 1. The number of fused-ring (bicyclic) bond motifs is 1. The van der Waals surface area contributed by atoms with Gasteiger partial charge in [0.1, 0.15) is 11.3 Å². The highest BCUT2D eigenvalue weighted by Crippen LogP contribution is 2.20. The fraction of sp³-hybridized carbons (Fsp3) is 0.385. The van der Waals surface area contributed by atoms with E-state index in [-0.39, 0.29) is 11.7 Å². The van der Waals surface area contributed by atoms with Crippen LogP contribution < -0.4 is 5.32 Å². The lowest BCUT2D eigenvalue weighted by Gasteiger charge is -2.01. The summed E-state index contributed by atoms with van der Waals surface area (Å²) in [5.41, 5.74) is 1.24. The molecule has 0 spiro atoms. The zero-order valence-electron chi connectivity index (χ0n) is 10.4. The monoisotopic (exact) mass is 282 g/mol. The molecule has 0 atom stereocenters. The molecule has 2 N–H and O–H groups in total. The molecule has 0 unspecified atom stereocenters. The molecular formula is C13H15ClN2O3. The molecule has 6 heteroatoms. The summed E-state index contributed by atoms with van der Waals surface area (Å²) < 4.78 is 5.47. The van der Waals surface area contributed by atoms with Gasteiger partial charge in [0.15, 0.2) is 11.5 Å². The molecule has 0 saturated heterocycles. The molecule has 5 nitrogen and oxygen atoms in total. The topological polar surface area (TPSA) is 75.4 Å². The second kappa shape index (κ2) is 6.43. The summed E-state index contributed by atoms with van der Waals surface area (Å²) in [4.78, 5) is 15.6. The van der Waals surface area contributed by atoms with Gasteiger partial charge in [-0.25, -0.2) is 4.98 Å². The van der Waals surface area contributed by atoms with E-state index in [9.17, 15) is 9.90 Å². The average molecular weight is 283 g/mol. The second-order valence-electron chi connectivity index (χ2n) is 4.15. The minimum absolute atomic E-state index is 0.0191. The predicted octanol–water partition coefficient (Wildman–Crippen LogP) is 2.21. The van der Waals surface area contributed by atoms with Crippen molar-refractivity contribution in [3.63, 3.8) is 0 Å². The van der Waals surface area contributed by atoms with Gasteiger partial charge in [-0.1, -0.05) is 0 Å². The smallest absolute Gasteiger partial charge is 0.220 e. The molecule has 0 radical (unpaired) electrons. The van der Waals surface area contributed by atoms with Crippen LogP contribution in [-0.2, 0) is 11.2 Å². The van der Waals surface area contributed by atoms with Crippen molar-refractivity contribution < 1.29 is 14.3 Å². The van der Waals surface area contributed by atoms with Crippen molar-refractivity contribution in [2.24, 2.45) is 0 Å². The van der Waals surface area contributed by atoms with Gasteiger partial charge in [-0.15, -0.1) is 11.6 Å². The van der Waals surface area contributed by atoms with Crippen LogP contribution in [0.25, 0.3) is 11.1 Å². The molecule has 1 heterocycles. The van der Waals surface area contributed by atoms with Crippen LogP contribution in [0.15, 0.2) is 22.6 Å². The van der Waals surface area contributed by atoms with Crippen molar-refractivity contribution in [2.45, 2.75) is 19.3 Å². The molecule has 1 amide bonds. The zero-order chi connectivity index (χ0) is 13.7. The van der Waals surface area contributed by atoms with Gasteiger partial charge in [0.25, 0.3) is 0 Å². The van der Waals surface area contributed by atoms with Crippen molar-refractivity contribution >= 4 is 28.6 Å². The number of carbonyl (C=O) groups is 1. The Bertz CT molecular complexity index is 568. The van der Waals surface area contributed by atoms with E-state index in [0.717, 1.165) is 0 Å². The first-order valence-electron chi connectivity index (χ1n) is 6.10. The lowest BCUT2D eigenvalue weighted by atomic mass is 10.3. The minimum Gasteiger partial charge on any atom is -0.508 e. The quantitative estimate of drug-likeness (QED) is 0.797. The Labute approximate surface area is 115 Å². The van der Waals surface area contributed by atoms with Gasteiger partial charge in [0.2, 0.25) is 5.91 Å². The number of hydrogen-bond acceptors (Lipinski definition) is 4. The first kappa shape index (κ1) is 13.7. The van der Waals surface area contributed by atoms with E-state index in [1.54, 1.807) is 12.1 Å². The van der Waals surface area contributed by atoms with Gasteiger partial charge in [0, 0.05) is 31.3 Å². The normalized spacial score (nSPS) is 10.8. The Morgan fingerprint density at radius 2 is 2.32 bits per heavy atom. The number of rotatable bonds is 6. The van der Waals surface area contributed by atoms with E-state index in [2.05, 4.69) is 10.3 Å². The lowest BCUT2D eigenvalue weighted by molar-refractivity contribution is -0.121. The Morgan fingerprint density at radius 1 is 1.47 bits per heavy atom. The third kappa shape index (κ3) is 3.86. The third-order valence-electron chi connectivity index (χ3n) is 2.61. The number of hydrogen-bond donors (Lipinski definition) is 2. The third-order valence-corrected chi connectivity index (χ3v) is 2.88. The van der Waals surface area contributed by atoms with Crippen molar-refractivity contribution in [1.82, 2.24) is 10.3 Å². The van der Waals surface area contributed by atoms with Crippen LogP contribution in [0.1, 0.15) is 18.7 Å². The van der Waals surface area contributed by atoms with Crippen LogP contribution in [0, 0.1) is 0 Å². The van der Waals surface area contributed by atoms with E-state index >= 15 is 0 Å². The molecule has 0 aliphatic carbocycles. The van der Waals surface area contributed by atoms with Crippen LogP contribution in [-0.4, -0.2) is 28.4 Å². The maximum absolute atomic E-state index is 11.4. The first-order valence-corrected chi connectivity index (χ1v) is 6.63. The first-order chi connectivity index (χ1) is 9.19. The maximum Gasteiger partial charge on any atom is 0.220 e. The van der Waals surface area contributed by atoms with Crippen LogP contribution >= 0.6 is 11.6 Å². The summed E-state index contributed by atoms with van der Waals surface area (Å²) in [7, 11) is 0. The Kier molecular flexibility index (Phi) is 4.63. The second-order valence-corrected chi connectivity index (χ2v) is 4.53. The molecule has 0 saturated carbocycles. The van der Waals surface area contributed by atoms with Crippen LogP contribution in [0.2, 0.25) is 0 Å². The highest BCUT2D eigenvalue weighted by Gasteiger charge is 2.07. The standard InChI is InChI=1S/C13H15ClN2O3/c14-6-1-2-12(18)15-7-5-13-16-10-4-3-9(17)8-11(10)19-13/h3-4,8,17H,1-2,5-7H2,(H,15,18). The molecular weight excluding hydrogens is 268 g/mol. The summed E-state index contributed by atoms with van der Waals surface area (Å²) in [5.74, 6) is 1.15. The van der Waals surface area contributed by atoms with Gasteiger partial charge >= 0.3 is 0 Å². The predicted molar refractivity (Wildman–Crippen MR) is 72.3 cm³/mol. The molecule has 1 aromatic heterocycles. The van der Waals surface area contributed by atoms with E-state index in [4.69, 9.17) is 16.0 Å². The molecule has 2 aromatic rings. The summed E-state index contributed by atoms with van der Waals surface area (Å²) in [5, 5.41) is 12.1. The molecule has 0 aliphatic rings. The maximum atomic E-state index is 11.4. The summed E-state index contributed by atoms with van der Waals surface area (Å²) in [6.07, 6.45) is 1.63. The van der Waals surface area contributed by atoms with Crippen molar-refractivity contribution in [3.05, 3.63) is 24.1 Å². The van der Waals surface area contributed by atoms with Gasteiger partial charge in [-0.05, 0) is 18.6 Å². The van der Waals surface area contributed by atoms with Crippen LogP contribution in [0.4, 0.5) is 0 Å². The Morgan fingerprint density at radius 3 is 3.11 bits per heavy atom. The fourth-order valence-corrected chi connectivity index (χ4v) is 1.83. The van der Waals surface area contributed by atoms with Crippen LogP contribution in [0.3, 0.4) is 0 Å². The molecule has 1 aromatic carbocycles. The number of benzene rings is 1. The summed E-state index contributed by atoms with van der Waals surface area (Å²) >= 11 is 5.51. The van der Waals surface area contributed by atoms with E-state index in [1.807, 2.05) is 0 Å². The molecule has 0 fully saturated rings. The number of amides is 1. The van der Waals surface area contributed by atoms with Gasteiger partial charge in [0.05, 0.1) is 0 Å². The number of aromatic hydroxyl groups is 1. The van der Waals surface area contributed by atoms with Crippen molar-refractivity contribution in [3.8, 4) is 5.75 Å². The average Bonchev–Trinajstić information content (AvgIpc) is 2.78. The molecule has 0 bridgehead atoms. The molecule has 102 valence electrons. The van der Waals surface area contributed by atoms with Crippen LogP contribution in [0.5, 0.6) is 5.75 Å². The SMILES string of the molecule is O=C(CCCCl)NCCc1nc2ccc(O)cc2o1. The molecule has 19 heavy (non-hydrogen) atoms. The minimum atomic E-state index is -0.0191. The number of carbonyl (C=O) groups excluding carboxylic acids is 1. The number of nitrogens with one attached hydrogen (secondary N) is 1. The molecule has 0 aliphatic heterocycles. The van der Waals surface area contributed by atoms with E-state index in [1.165, 1.54) is 6.07 Å². The largest absolute Gasteiger partial charge is 0.508 e. The van der Waals surface area contributed by atoms with Gasteiger partial charge in [-0.3, -0.25) is 4.79 Å². The number of phenols is 1. The van der Waals surface area contributed by atoms with E-state index in [0.29, 0.717) is 48.7 Å². The van der Waals surface area contributed by atoms with Gasteiger partial charge in [-0.2, -0.15) is 0 Å². The number of alkyl halides is 1. The lowest BCUT2D eigenvalue weighted by Crippen LogP contribution is -2.25. The van der Waals surface area contributed by atoms with E-state index < -0.39 is 0 Å². The number of aromatic nitrogens is 1. The summed E-state index contributed by atoms with van der Waals surface area (Å²) in [6, 6.07) is 4.77. The van der Waals surface area contributed by atoms with Crippen molar-refractivity contribution in [2.75, 3.05) is 12.4 Å². The highest BCUT2D eigenvalue weighted by atomic mass is 35.5. The zero-order valence-corrected chi connectivity index (χ0v) is 11.1. The summed E-state index contributed by atoms with van der Waals surface area (Å²) in [6.45, 7) is 0.472. The Balaban J connectivity index is 1.86. The highest BCUT2D eigenvalue weighted by molar-refractivity contribution is 6.17. The van der Waals surface area contributed by atoms with Gasteiger partial charge < -0.3 is 14.8 Å².